The van der Waals surface area contributed by atoms with Gasteiger partial charge in [0, 0.05) is 17.8 Å². The Morgan fingerprint density at radius 1 is 1.47 bits per heavy atom. The lowest BCUT2D eigenvalue weighted by atomic mass is 9.99. The lowest BCUT2D eigenvalue weighted by Gasteiger charge is -2.21. The van der Waals surface area contributed by atoms with Crippen LogP contribution in [0.15, 0.2) is 5.38 Å². The summed E-state index contributed by atoms with van der Waals surface area (Å²) < 4.78 is 0. The number of nitrogens with one attached hydrogen (secondary N) is 2. The molecule has 0 radical (unpaired) electrons. The molecule has 1 amide bonds. The number of piperidine rings is 1. The van der Waals surface area contributed by atoms with Crippen molar-refractivity contribution >= 4 is 22.4 Å². The van der Waals surface area contributed by atoms with Crippen molar-refractivity contribution in [3.8, 4) is 0 Å². The number of anilines is 1. The molecule has 4 nitrogen and oxygen atoms in total. The standard InChI is InChI=1S/C12H17N3OS/c16-11(9-2-1-5-13-6-9)15-12-14-10(7-17-12)8-3-4-8/h7-9,13H,1-6H2,(H,14,15,16)/t9-/m1/s1. The second kappa shape index (κ2) is 4.74. The van der Waals surface area contributed by atoms with E-state index in [2.05, 4.69) is 21.0 Å². The molecule has 1 aromatic heterocycles. The zero-order valence-electron chi connectivity index (χ0n) is 9.74. The predicted octanol–water partition coefficient (Wildman–Crippen LogP) is 1.96. The van der Waals surface area contributed by atoms with Gasteiger partial charge >= 0.3 is 0 Å². The highest BCUT2D eigenvalue weighted by Gasteiger charge is 2.27. The fourth-order valence-corrected chi connectivity index (χ4v) is 2.99. The van der Waals surface area contributed by atoms with Gasteiger partial charge in [-0.3, -0.25) is 4.79 Å². The molecule has 2 fully saturated rings. The summed E-state index contributed by atoms with van der Waals surface area (Å²) in [6.45, 7) is 1.83. The highest BCUT2D eigenvalue weighted by molar-refractivity contribution is 7.13. The number of nitrogens with zero attached hydrogens (tertiary/aromatic N) is 1. The van der Waals surface area contributed by atoms with Crippen LogP contribution in [0, 0.1) is 5.92 Å². The first-order valence-electron chi connectivity index (χ1n) is 6.30. The monoisotopic (exact) mass is 251 g/mol. The molecule has 1 aromatic rings. The molecule has 1 saturated carbocycles. The number of hydrogen-bond acceptors (Lipinski definition) is 4. The van der Waals surface area contributed by atoms with Crippen LogP contribution in [-0.2, 0) is 4.79 Å². The molecule has 5 heteroatoms. The van der Waals surface area contributed by atoms with Gasteiger partial charge in [0.25, 0.3) is 0 Å². The van der Waals surface area contributed by atoms with Crippen molar-refractivity contribution in [1.82, 2.24) is 10.3 Å². The quantitative estimate of drug-likeness (QED) is 0.863. The van der Waals surface area contributed by atoms with Crippen LogP contribution in [0.4, 0.5) is 5.13 Å². The smallest absolute Gasteiger partial charge is 0.230 e. The zero-order valence-corrected chi connectivity index (χ0v) is 10.6. The van der Waals surface area contributed by atoms with E-state index in [1.165, 1.54) is 12.8 Å². The van der Waals surface area contributed by atoms with E-state index >= 15 is 0 Å². The molecule has 1 saturated heterocycles. The molecule has 0 unspecified atom stereocenters. The first kappa shape index (κ1) is 11.2. The van der Waals surface area contributed by atoms with Crippen molar-refractivity contribution in [3.63, 3.8) is 0 Å². The average molecular weight is 251 g/mol. The minimum Gasteiger partial charge on any atom is -0.316 e. The van der Waals surface area contributed by atoms with E-state index in [1.807, 2.05) is 0 Å². The van der Waals surface area contributed by atoms with E-state index < -0.39 is 0 Å². The van der Waals surface area contributed by atoms with Gasteiger partial charge in [-0.25, -0.2) is 4.98 Å². The van der Waals surface area contributed by atoms with Crippen molar-refractivity contribution in [2.45, 2.75) is 31.6 Å². The molecule has 1 atom stereocenters. The Bertz CT molecular complexity index is 408. The molecule has 3 rings (SSSR count). The predicted molar refractivity (Wildman–Crippen MR) is 68.3 cm³/mol. The van der Waals surface area contributed by atoms with Crippen LogP contribution in [0.5, 0.6) is 0 Å². The Morgan fingerprint density at radius 2 is 2.35 bits per heavy atom. The molecule has 1 aliphatic heterocycles. The molecule has 2 N–H and O–H groups in total. The summed E-state index contributed by atoms with van der Waals surface area (Å²) in [7, 11) is 0. The summed E-state index contributed by atoms with van der Waals surface area (Å²) in [5.41, 5.74) is 1.16. The summed E-state index contributed by atoms with van der Waals surface area (Å²) >= 11 is 1.55. The van der Waals surface area contributed by atoms with E-state index in [1.54, 1.807) is 11.3 Å². The third kappa shape index (κ3) is 2.66. The van der Waals surface area contributed by atoms with Gasteiger partial charge in [-0.05, 0) is 32.2 Å². The Kier molecular flexibility index (Phi) is 3.11. The average Bonchev–Trinajstić information content (AvgIpc) is 3.12. The van der Waals surface area contributed by atoms with Crippen LogP contribution in [-0.4, -0.2) is 24.0 Å². The van der Waals surface area contributed by atoms with E-state index in [-0.39, 0.29) is 11.8 Å². The first-order valence-corrected chi connectivity index (χ1v) is 7.18. The Morgan fingerprint density at radius 3 is 3.06 bits per heavy atom. The number of hydrogen-bond donors (Lipinski definition) is 2. The zero-order chi connectivity index (χ0) is 11.7. The lowest BCUT2D eigenvalue weighted by Crippen LogP contribution is -2.37. The summed E-state index contributed by atoms with van der Waals surface area (Å²) in [6, 6.07) is 0. The van der Waals surface area contributed by atoms with Gasteiger partial charge < -0.3 is 10.6 Å². The Labute approximate surface area is 105 Å². The van der Waals surface area contributed by atoms with Crippen LogP contribution < -0.4 is 10.6 Å². The van der Waals surface area contributed by atoms with Crippen LogP contribution in [0.1, 0.15) is 37.3 Å². The van der Waals surface area contributed by atoms with Crippen molar-refractivity contribution in [1.29, 1.82) is 0 Å². The Balaban J connectivity index is 1.58. The number of aromatic nitrogens is 1. The molecule has 0 spiro atoms. The number of thiazole rings is 1. The van der Waals surface area contributed by atoms with Crippen LogP contribution in [0.3, 0.4) is 0 Å². The molecule has 0 aromatic carbocycles. The second-order valence-corrected chi connectivity index (χ2v) is 5.74. The van der Waals surface area contributed by atoms with Crippen LogP contribution in [0.25, 0.3) is 0 Å². The van der Waals surface area contributed by atoms with Crippen molar-refractivity contribution < 1.29 is 4.79 Å². The topological polar surface area (TPSA) is 54.0 Å². The third-order valence-electron chi connectivity index (χ3n) is 3.42. The summed E-state index contributed by atoms with van der Waals surface area (Å²) in [5.74, 6) is 0.888. The van der Waals surface area contributed by atoms with Crippen molar-refractivity contribution in [3.05, 3.63) is 11.1 Å². The fourth-order valence-electron chi connectivity index (χ4n) is 2.19. The van der Waals surface area contributed by atoms with E-state index in [0.29, 0.717) is 5.92 Å². The van der Waals surface area contributed by atoms with Gasteiger partial charge in [0.05, 0.1) is 11.6 Å². The number of carbonyl (C=O) groups is 1. The normalized spacial score (nSPS) is 24.6. The maximum Gasteiger partial charge on any atom is 0.230 e. The van der Waals surface area contributed by atoms with Crippen molar-refractivity contribution in [2.24, 2.45) is 5.92 Å². The highest BCUT2D eigenvalue weighted by Crippen LogP contribution is 2.40. The minimum absolute atomic E-state index is 0.108. The molecule has 0 bridgehead atoms. The van der Waals surface area contributed by atoms with Gasteiger partial charge in [0.15, 0.2) is 5.13 Å². The minimum atomic E-state index is 0.108. The van der Waals surface area contributed by atoms with E-state index in [4.69, 9.17) is 0 Å². The number of amides is 1. The lowest BCUT2D eigenvalue weighted by molar-refractivity contribution is -0.120. The fraction of sp³-hybridized carbons (Fsp3) is 0.667. The van der Waals surface area contributed by atoms with Gasteiger partial charge in [0.1, 0.15) is 0 Å². The third-order valence-corrected chi connectivity index (χ3v) is 4.19. The molecule has 92 valence electrons. The van der Waals surface area contributed by atoms with Crippen LogP contribution in [0.2, 0.25) is 0 Å². The SMILES string of the molecule is O=C(Nc1nc(C2CC2)cs1)[C@@H]1CCCNC1. The number of carbonyl (C=O) groups excluding carboxylic acids is 1. The van der Waals surface area contributed by atoms with Gasteiger partial charge in [0.2, 0.25) is 5.91 Å². The Hall–Kier alpha value is -0.940. The first-order chi connectivity index (χ1) is 8.33. The van der Waals surface area contributed by atoms with Crippen LogP contribution >= 0.6 is 11.3 Å². The highest BCUT2D eigenvalue weighted by atomic mass is 32.1. The second-order valence-electron chi connectivity index (χ2n) is 4.88. The maximum absolute atomic E-state index is 12.0. The summed E-state index contributed by atoms with van der Waals surface area (Å²) in [4.78, 5) is 16.5. The number of rotatable bonds is 3. The van der Waals surface area contributed by atoms with E-state index in [9.17, 15) is 4.79 Å². The van der Waals surface area contributed by atoms with Gasteiger partial charge in [-0.2, -0.15) is 0 Å². The van der Waals surface area contributed by atoms with Gasteiger partial charge in [-0.1, -0.05) is 0 Å². The molecule has 1 aliphatic carbocycles. The largest absolute Gasteiger partial charge is 0.316 e. The molecule has 2 heterocycles. The molecule has 17 heavy (non-hydrogen) atoms. The van der Waals surface area contributed by atoms with Crippen molar-refractivity contribution in [2.75, 3.05) is 18.4 Å². The van der Waals surface area contributed by atoms with E-state index in [0.717, 1.165) is 36.8 Å². The maximum atomic E-state index is 12.0. The van der Waals surface area contributed by atoms with Gasteiger partial charge in [-0.15, -0.1) is 11.3 Å². The summed E-state index contributed by atoms with van der Waals surface area (Å²) in [6.07, 6.45) is 4.58. The molecule has 2 aliphatic rings. The molecular formula is C12H17N3OS. The molecular weight excluding hydrogens is 234 g/mol. The summed E-state index contributed by atoms with van der Waals surface area (Å²) in [5, 5.41) is 9.04.